The predicted octanol–water partition coefficient (Wildman–Crippen LogP) is 3.73. The molecular weight excluding hydrogens is 463 g/mol. The van der Waals surface area contributed by atoms with Crippen molar-refractivity contribution in [3.05, 3.63) is 95.3 Å². The lowest BCUT2D eigenvalue weighted by Crippen LogP contribution is -2.37. The van der Waals surface area contributed by atoms with Crippen molar-refractivity contribution in [2.75, 3.05) is 11.9 Å². The molecule has 0 fully saturated rings. The van der Waals surface area contributed by atoms with E-state index in [1.165, 1.54) is 36.0 Å². The summed E-state index contributed by atoms with van der Waals surface area (Å²) in [5.74, 6) is -1.58. The van der Waals surface area contributed by atoms with E-state index in [-0.39, 0.29) is 24.9 Å². The van der Waals surface area contributed by atoms with Crippen LogP contribution in [0.25, 0.3) is 0 Å². The second-order valence-corrected chi connectivity index (χ2v) is 8.19. The number of benzene rings is 3. The molecule has 0 spiro atoms. The van der Waals surface area contributed by atoms with Crippen LogP contribution in [0.4, 0.5) is 10.1 Å². The van der Waals surface area contributed by atoms with Gasteiger partial charge in [-0.2, -0.15) is 5.10 Å². The lowest BCUT2D eigenvalue weighted by Gasteiger charge is -2.08. The van der Waals surface area contributed by atoms with Gasteiger partial charge >= 0.3 is 11.8 Å². The fraction of sp³-hybridized carbons (Fsp3) is 0.185. The van der Waals surface area contributed by atoms with Gasteiger partial charge in [0.05, 0.1) is 6.21 Å². The number of anilines is 1. The molecule has 0 atom stereocenters. The number of halogens is 1. The minimum absolute atomic E-state index is 0.224. The maximum absolute atomic E-state index is 12.9. The number of amides is 3. The Labute approximate surface area is 208 Å². The van der Waals surface area contributed by atoms with Crippen LogP contribution in [0.5, 0.6) is 5.75 Å². The Bertz CT molecular complexity index is 1210. The topological polar surface area (TPSA) is 109 Å². The minimum Gasteiger partial charge on any atom is -0.484 e. The minimum atomic E-state index is -0.878. The van der Waals surface area contributed by atoms with Crippen molar-refractivity contribution < 1.29 is 23.5 Å². The first-order valence-corrected chi connectivity index (χ1v) is 11.3. The number of carbonyl (C=O) groups is 3. The maximum Gasteiger partial charge on any atom is 0.329 e. The molecule has 0 aliphatic rings. The number of hydrogen-bond acceptors (Lipinski definition) is 5. The number of nitrogens with zero attached hydrogens (tertiary/aromatic N) is 1. The van der Waals surface area contributed by atoms with E-state index in [1.54, 1.807) is 24.3 Å². The quantitative estimate of drug-likeness (QED) is 0.241. The Hall–Kier alpha value is -4.53. The molecule has 0 aliphatic carbocycles. The fourth-order valence-electron chi connectivity index (χ4n) is 3.03. The van der Waals surface area contributed by atoms with Crippen LogP contribution in [0.1, 0.15) is 36.5 Å². The number of hydrogen-bond donors (Lipinski definition) is 3. The van der Waals surface area contributed by atoms with Gasteiger partial charge in [-0.05, 0) is 71.1 Å². The van der Waals surface area contributed by atoms with Crippen LogP contribution in [-0.4, -0.2) is 30.5 Å². The van der Waals surface area contributed by atoms with E-state index >= 15 is 0 Å². The van der Waals surface area contributed by atoms with Crippen LogP contribution in [-0.2, 0) is 20.9 Å². The molecule has 0 aliphatic heterocycles. The number of ether oxygens (including phenoxy) is 1. The summed E-state index contributed by atoms with van der Waals surface area (Å²) in [6.07, 6.45) is 1.38. The molecule has 0 aromatic heterocycles. The molecule has 0 saturated carbocycles. The molecule has 3 aromatic carbocycles. The third-order valence-electron chi connectivity index (χ3n) is 5.06. The SMILES string of the molecule is CC(C)c1ccc(CNC(=O)C(=O)N/N=C\c2ccc(OCC(=O)Nc3ccc(F)cc3)cc2)cc1. The lowest BCUT2D eigenvalue weighted by atomic mass is 10.0. The summed E-state index contributed by atoms with van der Waals surface area (Å²) in [5.41, 5.74) is 5.38. The summed E-state index contributed by atoms with van der Waals surface area (Å²) in [7, 11) is 0. The maximum atomic E-state index is 12.9. The number of hydrazone groups is 1. The van der Waals surface area contributed by atoms with Gasteiger partial charge in [-0.25, -0.2) is 9.82 Å². The first-order chi connectivity index (χ1) is 17.3. The highest BCUT2D eigenvalue weighted by Gasteiger charge is 2.12. The van der Waals surface area contributed by atoms with Gasteiger partial charge in [0.15, 0.2) is 6.61 Å². The van der Waals surface area contributed by atoms with Crippen molar-refractivity contribution in [2.45, 2.75) is 26.3 Å². The Morgan fingerprint density at radius 1 is 0.917 bits per heavy atom. The average Bonchev–Trinajstić information content (AvgIpc) is 2.88. The van der Waals surface area contributed by atoms with Crippen molar-refractivity contribution in [3.8, 4) is 5.75 Å². The van der Waals surface area contributed by atoms with Gasteiger partial charge in [-0.3, -0.25) is 14.4 Å². The fourth-order valence-corrected chi connectivity index (χ4v) is 3.03. The molecule has 8 nitrogen and oxygen atoms in total. The Morgan fingerprint density at radius 3 is 2.22 bits per heavy atom. The molecule has 3 N–H and O–H groups in total. The van der Waals surface area contributed by atoms with E-state index in [1.807, 2.05) is 24.3 Å². The summed E-state index contributed by atoms with van der Waals surface area (Å²) in [6, 6.07) is 19.8. The largest absolute Gasteiger partial charge is 0.484 e. The molecule has 3 aromatic rings. The van der Waals surface area contributed by atoms with Gasteiger partial charge in [0, 0.05) is 12.2 Å². The van der Waals surface area contributed by atoms with Crippen molar-refractivity contribution in [2.24, 2.45) is 5.10 Å². The van der Waals surface area contributed by atoms with E-state index in [0.717, 1.165) is 5.56 Å². The van der Waals surface area contributed by atoms with Crippen LogP contribution < -0.4 is 20.8 Å². The van der Waals surface area contributed by atoms with Gasteiger partial charge in [0.1, 0.15) is 11.6 Å². The average molecular weight is 491 g/mol. The lowest BCUT2D eigenvalue weighted by molar-refractivity contribution is -0.139. The van der Waals surface area contributed by atoms with E-state index < -0.39 is 11.8 Å². The second kappa shape index (κ2) is 12.8. The highest BCUT2D eigenvalue weighted by atomic mass is 19.1. The second-order valence-electron chi connectivity index (χ2n) is 8.19. The highest BCUT2D eigenvalue weighted by molar-refractivity contribution is 6.35. The molecule has 0 bridgehead atoms. The molecule has 186 valence electrons. The van der Waals surface area contributed by atoms with Gasteiger partial charge in [-0.15, -0.1) is 0 Å². The van der Waals surface area contributed by atoms with Crippen LogP contribution >= 0.6 is 0 Å². The van der Waals surface area contributed by atoms with E-state index in [0.29, 0.717) is 22.9 Å². The number of carbonyl (C=O) groups excluding carboxylic acids is 3. The smallest absolute Gasteiger partial charge is 0.329 e. The first-order valence-electron chi connectivity index (χ1n) is 11.3. The molecule has 3 amide bonds. The summed E-state index contributed by atoms with van der Waals surface area (Å²) >= 11 is 0. The number of rotatable bonds is 9. The zero-order valence-corrected chi connectivity index (χ0v) is 20.0. The highest BCUT2D eigenvalue weighted by Crippen LogP contribution is 2.15. The standard InChI is InChI=1S/C27H27FN4O4/c1-18(2)21-7-3-19(4-8-21)15-29-26(34)27(35)32-30-16-20-5-13-24(14-6-20)36-17-25(33)31-23-11-9-22(28)10-12-23/h3-14,16,18H,15,17H2,1-2H3,(H,29,34)(H,31,33)(H,32,35)/b30-16-. The predicted molar refractivity (Wildman–Crippen MR) is 135 cm³/mol. The van der Waals surface area contributed by atoms with Crippen LogP contribution in [0.15, 0.2) is 77.9 Å². The Balaban J connectivity index is 1.38. The Morgan fingerprint density at radius 2 is 1.58 bits per heavy atom. The van der Waals surface area contributed by atoms with Crippen molar-refractivity contribution in [3.63, 3.8) is 0 Å². The molecule has 3 rings (SSSR count). The Kier molecular flexibility index (Phi) is 9.27. The molecule has 36 heavy (non-hydrogen) atoms. The summed E-state index contributed by atoms with van der Waals surface area (Å²) < 4.78 is 18.3. The third kappa shape index (κ3) is 8.35. The summed E-state index contributed by atoms with van der Waals surface area (Å²) in [6.45, 7) is 4.21. The van der Waals surface area contributed by atoms with Crippen molar-refractivity contribution in [1.82, 2.24) is 10.7 Å². The van der Waals surface area contributed by atoms with Gasteiger partial charge in [0.25, 0.3) is 5.91 Å². The van der Waals surface area contributed by atoms with Crippen LogP contribution in [0.3, 0.4) is 0 Å². The van der Waals surface area contributed by atoms with Crippen LogP contribution in [0, 0.1) is 5.82 Å². The summed E-state index contributed by atoms with van der Waals surface area (Å²) in [5, 5.41) is 8.94. The summed E-state index contributed by atoms with van der Waals surface area (Å²) in [4.78, 5) is 35.8. The van der Waals surface area contributed by atoms with Crippen LogP contribution in [0.2, 0.25) is 0 Å². The van der Waals surface area contributed by atoms with Gasteiger partial charge in [0.2, 0.25) is 0 Å². The van der Waals surface area contributed by atoms with Gasteiger partial charge < -0.3 is 15.4 Å². The van der Waals surface area contributed by atoms with Crippen molar-refractivity contribution in [1.29, 1.82) is 0 Å². The first kappa shape index (κ1) is 26.1. The number of nitrogens with one attached hydrogen (secondary N) is 3. The van der Waals surface area contributed by atoms with E-state index in [2.05, 4.69) is 35.0 Å². The van der Waals surface area contributed by atoms with E-state index in [4.69, 9.17) is 4.74 Å². The van der Waals surface area contributed by atoms with Gasteiger partial charge in [-0.1, -0.05) is 38.1 Å². The monoisotopic (exact) mass is 490 g/mol. The normalized spacial score (nSPS) is 10.8. The molecule has 9 heteroatoms. The van der Waals surface area contributed by atoms with Crippen molar-refractivity contribution >= 4 is 29.6 Å². The molecular formula is C27H27FN4O4. The third-order valence-corrected chi connectivity index (χ3v) is 5.06. The molecule has 0 unspecified atom stereocenters. The molecule has 0 radical (unpaired) electrons. The zero-order valence-electron chi connectivity index (χ0n) is 20.0. The van der Waals surface area contributed by atoms with E-state index in [9.17, 15) is 18.8 Å². The zero-order chi connectivity index (χ0) is 25.9. The molecule has 0 heterocycles. The molecule has 0 saturated heterocycles.